The summed E-state index contributed by atoms with van der Waals surface area (Å²) >= 11 is 5.61. The number of fused-ring (bicyclic) bond motifs is 1. The van der Waals surface area contributed by atoms with Crippen LogP contribution in [0.3, 0.4) is 0 Å². The molecule has 0 spiro atoms. The van der Waals surface area contributed by atoms with Gasteiger partial charge in [-0.1, -0.05) is 36.4 Å². The zero-order valence-corrected chi connectivity index (χ0v) is 11.2. The van der Waals surface area contributed by atoms with Crippen molar-refractivity contribution in [3.63, 3.8) is 0 Å². The Balaban J connectivity index is 1.97. The van der Waals surface area contributed by atoms with Crippen LogP contribution in [0.2, 0.25) is 0 Å². The number of hydrogen-bond donors (Lipinski definition) is 1. The van der Waals surface area contributed by atoms with E-state index < -0.39 is 0 Å². The number of hydrogen-bond acceptors (Lipinski definition) is 1. The molecule has 96 valence electrons. The van der Waals surface area contributed by atoms with Gasteiger partial charge in [-0.15, -0.1) is 0 Å². The van der Waals surface area contributed by atoms with Crippen LogP contribution in [0.4, 0.5) is 0 Å². The Morgan fingerprint density at radius 3 is 2.72 bits per heavy atom. The predicted octanol–water partition coefficient (Wildman–Crippen LogP) is 2.98. The molecule has 0 unspecified atom stereocenters. The molecule has 1 aliphatic rings. The molecule has 0 fully saturated rings. The van der Waals surface area contributed by atoms with Crippen LogP contribution in [0, 0.1) is 0 Å². The monoisotopic (exact) mass is 263 g/mol. The summed E-state index contributed by atoms with van der Waals surface area (Å²) in [5.74, 6) is -0.00689. The lowest BCUT2D eigenvalue weighted by molar-refractivity contribution is -0.120. The Bertz CT molecular complexity index is 468. The van der Waals surface area contributed by atoms with E-state index in [1.807, 2.05) is 0 Å². The minimum absolute atomic E-state index is 0.00689. The predicted molar refractivity (Wildman–Crippen MR) is 74.8 cm³/mol. The van der Waals surface area contributed by atoms with Crippen LogP contribution in [0.1, 0.15) is 29.5 Å². The second-order valence-electron chi connectivity index (χ2n) is 4.78. The van der Waals surface area contributed by atoms with Gasteiger partial charge in [0.15, 0.2) is 0 Å². The van der Waals surface area contributed by atoms with Crippen molar-refractivity contribution >= 4 is 17.5 Å². The van der Waals surface area contributed by atoms with E-state index in [2.05, 4.69) is 30.1 Å². The van der Waals surface area contributed by atoms with Crippen LogP contribution >= 0.6 is 11.6 Å². The second-order valence-corrected chi connectivity index (χ2v) is 5.32. The van der Waals surface area contributed by atoms with Crippen LogP contribution < -0.4 is 5.32 Å². The molecular weight excluding hydrogens is 246 g/mol. The number of benzene rings is 1. The first kappa shape index (κ1) is 13.2. The van der Waals surface area contributed by atoms with Gasteiger partial charge in [0.2, 0.25) is 5.91 Å². The van der Waals surface area contributed by atoms with Crippen molar-refractivity contribution in [1.29, 1.82) is 0 Å². The molecule has 0 radical (unpaired) electrons. The van der Waals surface area contributed by atoms with E-state index in [4.69, 9.17) is 11.6 Å². The van der Waals surface area contributed by atoms with Gasteiger partial charge in [-0.05, 0) is 42.4 Å². The third kappa shape index (κ3) is 3.61. The van der Waals surface area contributed by atoms with Gasteiger partial charge in [-0.3, -0.25) is 4.79 Å². The maximum atomic E-state index is 11.7. The maximum Gasteiger partial charge on any atom is 0.224 e. The number of carbonyl (C=O) groups is 1. The van der Waals surface area contributed by atoms with Gasteiger partial charge in [0.25, 0.3) is 0 Å². The molecule has 1 aromatic rings. The van der Waals surface area contributed by atoms with Gasteiger partial charge in [0.05, 0.1) is 13.0 Å². The molecule has 2 rings (SSSR count). The van der Waals surface area contributed by atoms with Crippen LogP contribution in [0.5, 0.6) is 0 Å². The Kier molecular flexibility index (Phi) is 4.43. The third-order valence-electron chi connectivity index (χ3n) is 3.25. The van der Waals surface area contributed by atoms with Crippen molar-refractivity contribution in [3.05, 3.63) is 46.5 Å². The molecule has 18 heavy (non-hydrogen) atoms. The highest BCUT2D eigenvalue weighted by molar-refractivity contribution is 6.29. The van der Waals surface area contributed by atoms with Gasteiger partial charge < -0.3 is 5.32 Å². The largest absolute Gasteiger partial charge is 0.351 e. The minimum Gasteiger partial charge on any atom is -0.351 e. The van der Waals surface area contributed by atoms with E-state index in [-0.39, 0.29) is 5.91 Å². The van der Waals surface area contributed by atoms with Crippen LogP contribution in [-0.4, -0.2) is 12.5 Å². The standard InChI is InChI=1S/C15H18ClNO/c1-11(16)10-17-15(18)9-12-6-7-13-4-2-3-5-14(13)8-12/h6-8H,1-5,9-10H2,(H,17,18). The summed E-state index contributed by atoms with van der Waals surface area (Å²) in [4.78, 5) is 11.7. The molecule has 1 amide bonds. The van der Waals surface area contributed by atoms with Crippen LogP contribution in [0.25, 0.3) is 0 Å². The van der Waals surface area contributed by atoms with Crippen molar-refractivity contribution in [1.82, 2.24) is 5.32 Å². The Morgan fingerprint density at radius 1 is 1.28 bits per heavy atom. The highest BCUT2D eigenvalue weighted by Crippen LogP contribution is 2.22. The zero-order chi connectivity index (χ0) is 13.0. The topological polar surface area (TPSA) is 29.1 Å². The lowest BCUT2D eigenvalue weighted by Gasteiger charge is -2.16. The van der Waals surface area contributed by atoms with Crippen LogP contribution in [0.15, 0.2) is 29.8 Å². The van der Waals surface area contributed by atoms with Crippen LogP contribution in [-0.2, 0) is 24.1 Å². The van der Waals surface area contributed by atoms with Crippen molar-refractivity contribution in [2.24, 2.45) is 0 Å². The summed E-state index contributed by atoms with van der Waals surface area (Å²) in [5, 5.41) is 3.19. The number of carbonyl (C=O) groups excluding carboxylic acids is 1. The zero-order valence-electron chi connectivity index (χ0n) is 10.5. The fourth-order valence-electron chi connectivity index (χ4n) is 2.34. The lowest BCUT2D eigenvalue weighted by atomic mass is 9.90. The van der Waals surface area contributed by atoms with E-state index in [0.29, 0.717) is 18.0 Å². The summed E-state index contributed by atoms with van der Waals surface area (Å²) < 4.78 is 0. The van der Waals surface area contributed by atoms with Gasteiger partial charge in [-0.25, -0.2) is 0 Å². The highest BCUT2D eigenvalue weighted by atomic mass is 35.5. The Labute approximate surface area is 113 Å². The highest BCUT2D eigenvalue weighted by Gasteiger charge is 2.10. The Morgan fingerprint density at radius 2 is 2.00 bits per heavy atom. The van der Waals surface area contributed by atoms with Crippen molar-refractivity contribution in [3.8, 4) is 0 Å². The number of nitrogens with one attached hydrogen (secondary N) is 1. The Hall–Kier alpha value is -1.28. The minimum atomic E-state index is -0.00689. The second kappa shape index (κ2) is 6.05. The molecule has 0 saturated heterocycles. The number of amides is 1. The fraction of sp³-hybridized carbons (Fsp3) is 0.400. The molecule has 0 aliphatic heterocycles. The van der Waals surface area contributed by atoms with E-state index in [9.17, 15) is 4.79 Å². The van der Waals surface area contributed by atoms with Crippen molar-refractivity contribution < 1.29 is 4.79 Å². The molecule has 0 saturated carbocycles. The third-order valence-corrected chi connectivity index (χ3v) is 3.39. The molecule has 1 aromatic carbocycles. The van der Waals surface area contributed by atoms with E-state index in [0.717, 1.165) is 12.0 Å². The summed E-state index contributed by atoms with van der Waals surface area (Å²) in [6.45, 7) is 3.88. The number of halogens is 1. The smallest absolute Gasteiger partial charge is 0.224 e. The van der Waals surface area contributed by atoms with Gasteiger partial charge in [0.1, 0.15) is 0 Å². The molecule has 0 heterocycles. The first-order chi connectivity index (χ1) is 8.65. The normalized spacial score (nSPS) is 13.8. The summed E-state index contributed by atoms with van der Waals surface area (Å²) in [7, 11) is 0. The number of aryl methyl sites for hydroxylation is 2. The van der Waals surface area contributed by atoms with Gasteiger partial charge >= 0.3 is 0 Å². The van der Waals surface area contributed by atoms with Gasteiger partial charge in [-0.2, -0.15) is 0 Å². The summed E-state index contributed by atoms with van der Waals surface area (Å²) in [6.07, 6.45) is 5.27. The molecule has 0 atom stereocenters. The van der Waals surface area contributed by atoms with E-state index in [1.165, 1.54) is 30.4 Å². The first-order valence-electron chi connectivity index (χ1n) is 6.36. The molecular formula is C15H18ClNO. The van der Waals surface area contributed by atoms with E-state index >= 15 is 0 Å². The first-order valence-corrected chi connectivity index (χ1v) is 6.73. The number of rotatable bonds is 4. The summed E-state index contributed by atoms with van der Waals surface area (Å²) in [6, 6.07) is 6.39. The van der Waals surface area contributed by atoms with Crippen molar-refractivity contribution in [2.75, 3.05) is 6.54 Å². The molecule has 1 N–H and O–H groups in total. The molecule has 3 heteroatoms. The fourth-order valence-corrected chi connectivity index (χ4v) is 2.41. The molecule has 0 bridgehead atoms. The molecule has 2 nitrogen and oxygen atoms in total. The quantitative estimate of drug-likeness (QED) is 0.889. The average Bonchev–Trinajstić information content (AvgIpc) is 2.36. The maximum absolute atomic E-state index is 11.7. The average molecular weight is 264 g/mol. The molecule has 0 aromatic heterocycles. The van der Waals surface area contributed by atoms with Gasteiger partial charge in [0, 0.05) is 5.03 Å². The lowest BCUT2D eigenvalue weighted by Crippen LogP contribution is -2.26. The van der Waals surface area contributed by atoms with Crippen molar-refractivity contribution in [2.45, 2.75) is 32.1 Å². The molecule has 1 aliphatic carbocycles. The summed E-state index contributed by atoms with van der Waals surface area (Å²) in [5.41, 5.74) is 3.93. The SMILES string of the molecule is C=C(Cl)CNC(=O)Cc1ccc2c(c1)CCCC2. The van der Waals surface area contributed by atoms with E-state index in [1.54, 1.807) is 0 Å².